The number of amides is 2. The highest BCUT2D eigenvalue weighted by Crippen LogP contribution is 2.41. The summed E-state index contributed by atoms with van der Waals surface area (Å²) in [6.07, 6.45) is 6.88. The zero-order chi connectivity index (χ0) is 16.7. The number of nitrogens with one attached hydrogen (secondary N) is 1. The van der Waals surface area contributed by atoms with E-state index in [2.05, 4.69) is 22.2 Å². The van der Waals surface area contributed by atoms with Gasteiger partial charge in [0.25, 0.3) is 0 Å². The third kappa shape index (κ3) is 2.64. The largest absolute Gasteiger partial charge is 0.322 e. The van der Waals surface area contributed by atoms with Crippen LogP contribution in [0.1, 0.15) is 31.7 Å². The van der Waals surface area contributed by atoms with Crippen LogP contribution >= 0.6 is 0 Å². The van der Waals surface area contributed by atoms with Gasteiger partial charge in [-0.25, -0.2) is 14.8 Å². The number of hydrogen-bond acceptors (Lipinski definition) is 3. The van der Waals surface area contributed by atoms with Crippen molar-refractivity contribution in [3.63, 3.8) is 0 Å². The molecule has 2 amide bonds. The Kier molecular flexibility index (Phi) is 3.71. The van der Waals surface area contributed by atoms with Crippen LogP contribution < -0.4 is 5.32 Å². The summed E-state index contributed by atoms with van der Waals surface area (Å²) in [5.74, 6) is 1.42. The third-order valence-electron chi connectivity index (χ3n) is 5.21. The van der Waals surface area contributed by atoms with Gasteiger partial charge in [0.15, 0.2) is 5.82 Å². The Morgan fingerprint density at radius 2 is 1.88 bits per heavy atom. The molecule has 2 unspecified atom stereocenters. The predicted molar refractivity (Wildman–Crippen MR) is 93.7 cm³/mol. The molecular weight excluding hydrogens is 300 g/mol. The highest BCUT2D eigenvalue weighted by atomic mass is 16.2. The second kappa shape index (κ2) is 5.89. The lowest BCUT2D eigenvalue weighted by molar-refractivity contribution is -0.00600. The van der Waals surface area contributed by atoms with Crippen molar-refractivity contribution in [2.24, 2.45) is 5.92 Å². The van der Waals surface area contributed by atoms with Gasteiger partial charge in [-0.2, -0.15) is 0 Å². The Morgan fingerprint density at radius 3 is 2.58 bits per heavy atom. The second-order valence-corrected chi connectivity index (χ2v) is 7.06. The fraction of sp³-hybridized carbons (Fsp3) is 0.421. The number of carbonyl (C=O) groups excluding carboxylic acids is 1. The van der Waals surface area contributed by atoms with Gasteiger partial charge < -0.3 is 10.2 Å². The average Bonchev–Trinajstić information content (AvgIpc) is 2.57. The van der Waals surface area contributed by atoms with E-state index >= 15 is 0 Å². The van der Waals surface area contributed by atoms with Gasteiger partial charge in [0.05, 0.1) is 0 Å². The Labute approximate surface area is 142 Å². The van der Waals surface area contributed by atoms with Gasteiger partial charge in [-0.3, -0.25) is 0 Å². The van der Waals surface area contributed by atoms with Crippen molar-refractivity contribution in [2.75, 3.05) is 5.32 Å². The second-order valence-electron chi connectivity index (χ2n) is 7.06. The van der Waals surface area contributed by atoms with Gasteiger partial charge in [0.2, 0.25) is 0 Å². The zero-order valence-electron chi connectivity index (χ0n) is 14.1. The predicted octanol–water partition coefficient (Wildman–Crippen LogP) is 3.86. The van der Waals surface area contributed by atoms with Crippen LogP contribution in [-0.4, -0.2) is 33.0 Å². The first kappa shape index (κ1) is 15.1. The molecular formula is C19H22N4O. The molecule has 1 aromatic carbocycles. The molecule has 2 bridgehead atoms. The number of aryl methyl sites for hydroxylation is 1. The van der Waals surface area contributed by atoms with Crippen LogP contribution in [0.4, 0.5) is 10.5 Å². The van der Waals surface area contributed by atoms with E-state index in [1.54, 1.807) is 18.5 Å². The smallest absolute Gasteiger partial charge is 0.318 e. The summed E-state index contributed by atoms with van der Waals surface area (Å²) in [7, 11) is 0. The molecule has 2 aromatic rings. The molecule has 2 aliphatic heterocycles. The lowest BCUT2D eigenvalue weighted by Gasteiger charge is -2.54. The van der Waals surface area contributed by atoms with Gasteiger partial charge in [0, 0.05) is 35.7 Å². The molecule has 5 nitrogen and oxygen atoms in total. The van der Waals surface area contributed by atoms with Crippen LogP contribution in [0, 0.1) is 12.8 Å². The molecule has 3 atom stereocenters. The molecule has 124 valence electrons. The van der Waals surface area contributed by atoms with Crippen molar-refractivity contribution in [3.8, 4) is 11.4 Å². The maximum absolute atomic E-state index is 12.6. The van der Waals surface area contributed by atoms with E-state index in [0.29, 0.717) is 17.9 Å². The first-order chi connectivity index (χ1) is 11.6. The van der Waals surface area contributed by atoms with Crippen LogP contribution in [0.5, 0.6) is 0 Å². The van der Waals surface area contributed by atoms with Crippen molar-refractivity contribution < 1.29 is 4.79 Å². The van der Waals surface area contributed by atoms with Gasteiger partial charge >= 0.3 is 6.03 Å². The van der Waals surface area contributed by atoms with Gasteiger partial charge in [0.1, 0.15) is 0 Å². The van der Waals surface area contributed by atoms with E-state index in [0.717, 1.165) is 42.0 Å². The Morgan fingerprint density at radius 1 is 1.17 bits per heavy atom. The minimum atomic E-state index is 0.0203. The van der Waals surface area contributed by atoms with E-state index in [9.17, 15) is 4.79 Å². The van der Waals surface area contributed by atoms with Gasteiger partial charge in [-0.15, -0.1) is 0 Å². The summed E-state index contributed by atoms with van der Waals surface area (Å²) in [5, 5.41) is 3.06. The molecule has 0 aliphatic carbocycles. The Balaban J connectivity index is 1.52. The SMILES string of the molecule is Cc1ccc(NC(=O)N2C3CC(C)C[C@H]2C3)cc1-c1ncccn1. The number of rotatable bonds is 2. The molecule has 5 heteroatoms. The number of carbonyl (C=O) groups is 1. The van der Waals surface area contributed by atoms with Crippen LogP contribution in [0.2, 0.25) is 0 Å². The first-order valence-electron chi connectivity index (χ1n) is 8.59. The molecule has 24 heavy (non-hydrogen) atoms. The van der Waals surface area contributed by atoms with Gasteiger partial charge in [-0.1, -0.05) is 13.0 Å². The van der Waals surface area contributed by atoms with Crippen LogP contribution in [0.25, 0.3) is 11.4 Å². The Hall–Kier alpha value is -2.43. The molecule has 0 saturated carbocycles. The molecule has 2 saturated heterocycles. The van der Waals surface area contributed by atoms with Crippen molar-refractivity contribution >= 4 is 11.7 Å². The van der Waals surface area contributed by atoms with Crippen molar-refractivity contribution in [1.29, 1.82) is 0 Å². The quantitative estimate of drug-likeness (QED) is 0.913. The third-order valence-corrected chi connectivity index (χ3v) is 5.21. The van der Waals surface area contributed by atoms with Crippen molar-refractivity contribution in [1.82, 2.24) is 14.9 Å². The van der Waals surface area contributed by atoms with E-state index in [-0.39, 0.29) is 6.03 Å². The maximum Gasteiger partial charge on any atom is 0.322 e. The van der Waals surface area contributed by atoms with E-state index in [1.807, 2.05) is 30.0 Å². The summed E-state index contributed by atoms with van der Waals surface area (Å²) < 4.78 is 0. The van der Waals surface area contributed by atoms with Gasteiger partial charge in [-0.05, 0) is 55.9 Å². The number of fused-ring (bicyclic) bond motifs is 2. The molecule has 1 aromatic heterocycles. The average molecular weight is 322 g/mol. The monoisotopic (exact) mass is 322 g/mol. The number of hydrogen-bond donors (Lipinski definition) is 1. The van der Waals surface area contributed by atoms with Crippen molar-refractivity contribution in [3.05, 3.63) is 42.2 Å². The molecule has 0 spiro atoms. The number of piperidine rings is 1. The number of anilines is 1. The first-order valence-corrected chi connectivity index (χ1v) is 8.59. The summed E-state index contributed by atoms with van der Waals surface area (Å²) in [6, 6.07) is 8.56. The number of urea groups is 1. The highest BCUT2D eigenvalue weighted by Gasteiger charge is 2.46. The summed E-state index contributed by atoms with van der Waals surface area (Å²) in [5.41, 5.74) is 2.84. The van der Waals surface area contributed by atoms with E-state index in [4.69, 9.17) is 0 Å². The molecule has 4 rings (SSSR count). The maximum atomic E-state index is 12.6. The highest BCUT2D eigenvalue weighted by molar-refractivity contribution is 5.91. The zero-order valence-corrected chi connectivity index (χ0v) is 14.1. The molecule has 3 heterocycles. The minimum Gasteiger partial charge on any atom is -0.318 e. The lowest BCUT2D eigenvalue weighted by Crippen LogP contribution is -2.63. The normalized spacial score (nSPS) is 25.1. The number of aromatic nitrogens is 2. The fourth-order valence-corrected chi connectivity index (χ4v) is 4.04. The summed E-state index contributed by atoms with van der Waals surface area (Å²) >= 11 is 0. The standard InChI is InChI=1S/C19H22N4O/c1-12-8-15-11-16(9-12)23(15)19(24)22-14-5-4-13(2)17(10-14)18-20-6-3-7-21-18/h3-7,10,12,15-16H,8-9,11H2,1-2H3,(H,22,24)/t12?,15-,16?/m0/s1. The lowest BCUT2D eigenvalue weighted by atomic mass is 9.74. The van der Waals surface area contributed by atoms with Crippen LogP contribution in [0.3, 0.4) is 0 Å². The van der Waals surface area contributed by atoms with Crippen molar-refractivity contribution in [2.45, 2.75) is 45.2 Å². The summed E-state index contributed by atoms with van der Waals surface area (Å²) in [4.78, 5) is 23.3. The number of benzene rings is 1. The van der Waals surface area contributed by atoms with Crippen LogP contribution in [-0.2, 0) is 0 Å². The Bertz CT molecular complexity index is 749. The summed E-state index contributed by atoms with van der Waals surface area (Å²) in [6.45, 7) is 4.30. The molecule has 2 fully saturated rings. The van der Waals surface area contributed by atoms with E-state index < -0.39 is 0 Å². The van der Waals surface area contributed by atoms with Crippen LogP contribution in [0.15, 0.2) is 36.7 Å². The number of nitrogens with zero attached hydrogens (tertiary/aromatic N) is 3. The topological polar surface area (TPSA) is 58.1 Å². The molecule has 0 radical (unpaired) electrons. The molecule has 2 aliphatic rings. The fourth-order valence-electron chi connectivity index (χ4n) is 4.04. The van der Waals surface area contributed by atoms with E-state index in [1.165, 1.54) is 0 Å². The minimum absolute atomic E-state index is 0.0203. The molecule has 1 N–H and O–H groups in total.